The highest BCUT2D eigenvalue weighted by Gasteiger charge is 2.13. The fourth-order valence-corrected chi connectivity index (χ4v) is 2.27. The van der Waals surface area contributed by atoms with E-state index in [1.807, 2.05) is 0 Å². The molecule has 0 atom stereocenters. The number of nitrogens with zero attached hydrogens (tertiary/aromatic N) is 2. The number of hydrogen-bond donors (Lipinski definition) is 1. The van der Waals surface area contributed by atoms with Crippen LogP contribution in [0.5, 0.6) is 0 Å². The summed E-state index contributed by atoms with van der Waals surface area (Å²) in [5, 5.41) is 7.53. The Bertz CT molecular complexity index is 594. The Kier molecular flexibility index (Phi) is 3.06. The van der Waals surface area contributed by atoms with Crippen LogP contribution in [0.2, 0.25) is 0 Å². The molecular weight excluding hydrogens is 238 g/mol. The van der Waals surface area contributed by atoms with Crippen LogP contribution in [0.3, 0.4) is 0 Å². The summed E-state index contributed by atoms with van der Waals surface area (Å²) in [5.74, 6) is 0.208. The number of rotatable bonds is 3. The van der Waals surface area contributed by atoms with E-state index in [2.05, 4.69) is 14.9 Å². The molecule has 0 aliphatic carbocycles. The second-order valence-electron chi connectivity index (χ2n) is 3.48. The van der Waals surface area contributed by atoms with E-state index < -0.39 is 10.0 Å². The predicted molar refractivity (Wildman–Crippen MR) is 64.0 cm³/mol. The molecule has 0 spiro atoms. The van der Waals surface area contributed by atoms with Crippen LogP contribution in [0.4, 0.5) is 5.82 Å². The summed E-state index contributed by atoms with van der Waals surface area (Å²) in [6, 6.07) is 11.4. The van der Waals surface area contributed by atoms with Crippen LogP contribution in [0, 0.1) is 6.92 Å². The number of hydrogen-bond acceptors (Lipinski definition) is 4. The van der Waals surface area contributed by atoms with Crippen LogP contribution in [-0.4, -0.2) is 18.6 Å². The van der Waals surface area contributed by atoms with Gasteiger partial charge in [0, 0.05) is 0 Å². The zero-order chi connectivity index (χ0) is 12.3. The summed E-state index contributed by atoms with van der Waals surface area (Å²) < 4.78 is 26.2. The molecular formula is C11H11N3O2S. The summed E-state index contributed by atoms with van der Waals surface area (Å²) in [5.41, 5.74) is 0.729. The Balaban J connectivity index is 2.27. The van der Waals surface area contributed by atoms with Gasteiger partial charge in [-0.05, 0) is 31.2 Å². The van der Waals surface area contributed by atoms with E-state index in [1.54, 1.807) is 37.3 Å². The third-order valence-electron chi connectivity index (χ3n) is 2.09. The Morgan fingerprint density at radius 1 is 1.00 bits per heavy atom. The predicted octanol–water partition coefficient (Wildman–Crippen LogP) is 1.59. The Morgan fingerprint density at radius 2 is 1.71 bits per heavy atom. The number of anilines is 1. The van der Waals surface area contributed by atoms with Crippen LogP contribution in [0.25, 0.3) is 0 Å². The smallest absolute Gasteiger partial charge is 0.262 e. The third-order valence-corrected chi connectivity index (χ3v) is 3.46. The number of benzene rings is 1. The zero-order valence-corrected chi connectivity index (χ0v) is 9.98. The second kappa shape index (κ2) is 4.50. The van der Waals surface area contributed by atoms with E-state index in [4.69, 9.17) is 0 Å². The van der Waals surface area contributed by atoms with Gasteiger partial charge in [0.2, 0.25) is 0 Å². The maximum Gasteiger partial charge on any atom is 0.263 e. The highest BCUT2D eigenvalue weighted by Crippen LogP contribution is 2.12. The van der Waals surface area contributed by atoms with E-state index >= 15 is 0 Å². The first-order valence-electron chi connectivity index (χ1n) is 4.96. The highest BCUT2D eigenvalue weighted by atomic mass is 32.2. The van der Waals surface area contributed by atoms with Crippen molar-refractivity contribution in [3.8, 4) is 0 Å². The molecule has 1 heterocycles. The minimum Gasteiger partial charge on any atom is -0.262 e. The van der Waals surface area contributed by atoms with Crippen LogP contribution in [0.15, 0.2) is 47.4 Å². The van der Waals surface area contributed by atoms with Gasteiger partial charge in [0.05, 0.1) is 10.6 Å². The summed E-state index contributed by atoms with van der Waals surface area (Å²) in [6.07, 6.45) is 0. The summed E-state index contributed by atoms with van der Waals surface area (Å²) in [4.78, 5) is 0.197. The highest BCUT2D eigenvalue weighted by molar-refractivity contribution is 7.92. The standard InChI is InChI=1S/C11H11N3O2S/c1-9-7-8-11(13-12-9)14-17(15,16)10-5-3-2-4-6-10/h2-8H,1H3,(H,13,14). The van der Waals surface area contributed by atoms with E-state index in [0.29, 0.717) is 0 Å². The fraction of sp³-hybridized carbons (Fsp3) is 0.0909. The molecule has 0 saturated carbocycles. The molecule has 0 amide bonds. The molecule has 0 saturated heterocycles. The minimum atomic E-state index is -3.58. The van der Waals surface area contributed by atoms with Gasteiger partial charge in [-0.15, -0.1) is 5.10 Å². The third kappa shape index (κ3) is 2.79. The molecule has 0 bridgehead atoms. The lowest BCUT2D eigenvalue weighted by molar-refractivity contribution is 0.601. The molecule has 0 radical (unpaired) electrons. The lowest BCUT2D eigenvalue weighted by Crippen LogP contribution is -2.14. The van der Waals surface area contributed by atoms with Crippen LogP contribution in [-0.2, 0) is 10.0 Å². The molecule has 0 fully saturated rings. The fourth-order valence-electron chi connectivity index (χ4n) is 1.25. The molecule has 2 rings (SSSR count). The van der Waals surface area contributed by atoms with Gasteiger partial charge in [-0.1, -0.05) is 18.2 Å². The Labute approximate surface area is 99.6 Å². The van der Waals surface area contributed by atoms with Gasteiger partial charge >= 0.3 is 0 Å². The molecule has 88 valence electrons. The first-order valence-corrected chi connectivity index (χ1v) is 6.44. The molecule has 0 unspecified atom stereocenters. The van der Waals surface area contributed by atoms with Crippen molar-refractivity contribution in [1.29, 1.82) is 0 Å². The number of sulfonamides is 1. The first kappa shape index (κ1) is 11.5. The van der Waals surface area contributed by atoms with Crippen molar-refractivity contribution < 1.29 is 8.42 Å². The lowest BCUT2D eigenvalue weighted by atomic mass is 10.4. The van der Waals surface area contributed by atoms with Gasteiger partial charge < -0.3 is 0 Å². The summed E-state index contributed by atoms with van der Waals surface area (Å²) in [7, 11) is -3.58. The summed E-state index contributed by atoms with van der Waals surface area (Å²) in [6.45, 7) is 1.78. The molecule has 5 nitrogen and oxygen atoms in total. The normalized spacial score (nSPS) is 11.1. The monoisotopic (exact) mass is 249 g/mol. The Hall–Kier alpha value is -1.95. The van der Waals surface area contributed by atoms with Gasteiger partial charge in [0.1, 0.15) is 0 Å². The van der Waals surface area contributed by atoms with Gasteiger partial charge in [-0.25, -0.2) is 8.42 Å². The quantitative estimate of drug-likeness (QED) is 0.896. The van der Waals surface area contributed by atoms with Crippen molar-refractivity contribution in [2.45, 2.75) is 11.8 Å². The molecule has 6 heteroatoms. The van der Waals surface area contributed by atoms with Crippen molar-refractivity contribution in [3.05, 3.63) is 48.2 Å². The van der Waals surface area contributed by atoms with Crippen LogP contribution in [0.1, 0.15) is 5.69 Å². The average Bonchev–Trinajstić information content (AvgIpc) is 2.33. The van der Waals surface area contributed by atoms with Crippen molar-refractivity contribution in [2.75, 3.05) is 4.72 Å². The Morgan fingerprint density at radius 3 is 2.29 bits per heavy atom. The average molecular weight is 249 g/mol. The SMILES string of the molecule is Cc1ccc(NS(=O)(=O)c2ccccc2)nn1. The lowest BCUT2D eigenvalue weighted by Gasteiger charge is -2.06. The van der Waals surface area contributed by atoms with Gasteiger partial charge in [-0.2, -0.15) is 5.10 Å². The van der Waals surface area contributed by atoms with Crippen LogP contribution < -0.4 is 4.72 Å². The van der Waals surface area contributed by atoms with Crippen molar-refractivity contribution in [1.82, 2.24) is 10.2 Å². The number of aryl methyl sites for hydroxylation is 1. The van der Waals surface area contributed by atoms with Crippen molar-refractivity contribution in [3.63, 3.8) is 0 Å². The molecule has 2 aromatic rings. The van der Waals surface area contributed by atoms with Gasteiger partial charge in [0.15, 0.2) is 5.82 Å². The molecule has 1 N–H and O–H groups in total. The van der Waals surface area contributed by atoms with E-state index in [1.165, 1.54) is 12.1 Å². The second-order valence-corrected chi connectivity index (χ2v) is 5.16. The number of nitrogens with one attached hydrogen (secondary N) is 1. The molecule has 1 aromatic heterocycles. The van der Waals surface area contributed by atoms with E-state index in [9.17, 15) is 8.42 Å². The maximum atomic E-state index is 11.9. The largest absolute Gasteiger partial charge is 0.263 e. The molecule has 17 heavy (non-hydrogen) atoms. The molecule has 1 aromatic carbocycles. The zero-order valence-electron chi connectivity index (χ0n) is 9.16. The molecule has 0 aliphatic heterocycles. The summed E-state index contributed by atoms with van der Waals surface area (Å²) >= 11 is 0. The van der Waals surface area contributed by atoms with Gasteiger partial charge in [0.25, 0.3) is 10.0 Å². The van der Waals surface area contributed by atoms with E-state index in [-0.39, 0.29) is 10.7 Å². The number of aromatic nitrogens is 2. The maximum absolute atomic E-state index is 11.9. The first-order chi connectivity index (χ1) is 8.08. The van der Waals surface area contributed by atoms with Gasteiger partial charge in [-0.3, -0.25) is 4.72 Å². The molecule has 0 aliphatic rings. The minimum absolute atomic E-state index is 0.197. The topological polar surface area (TPSA) is 72.0 Å². The van der Waals surface area contributed by atoms with Crippen molar-refractivity contribution in [2.24, 2.45) is 0 Å². The van der Waals surface area contributed by atoms with Crippen LogP contribution >= 0.6 is 0 Å². The van der Waals surface area contributed by atoms with E-state index in [0.717, 1.165) is 5.69 Å². The van der Waals surface area contributed by atoms with Crippen molar-refractivity contribution >= 4 is 15.8 Å².